The van der Waals surface area contributed by atoms with Gasteiger partial charge in [0.05, 0.1) is 6.10 Å². The maximum atomic E-state index is 6.01. The minimum Gasteiger partial charge on any atom is -0.454 e. The normalized spacial score (nSPS) is 16.4. The summed E-state index contributed by atoms with van der Waals surface area (Å²) in [5, 5.41) is 0. The maximum Gasteiger partial charge on any atom is 0.231 e. The van der Waals surface area contributed by atoms with Crippen LogP contribution in [-0.4, -0.2) is 18.2 Å². The number of fused-ring (bicyclic) bond motifs is 1. The average Bonchev–Trinajstić information content (AvgIpc) is 2.85. The first-order valence-electron chi connectivity index (χ1n) is 6.87. The molecule has 0 radical (unpaired) electrons. The fraction of sp³-hybridized carbons (Fsp3) is 0.600. The Morgan fingerprint density at radius 2 is 2.05 bits per heavy atom. The molecule has 0 spiro atoms. The third-order valence-corrected chi connectivity index (χ3v) is 3.67. The number of hydrogen-bond donors (Lipinski definition) is 0. The van der Waals surface area contributed by atoms with Crippen molar-refractivity contribution >= 4 is 15.9 Å². The largest absolute Gasteiger partial charge is 0.454 e. The predicted octanol–water partition coefficient (Wildman–Crippen LogP) is 4.45. The summed E-state index contributed by atoms with van der Waals surface area (Å²) in [5.74, 6) is 1.63. The lowest BCUT2D eigenvalue weighted by Gasteiger charge is -2.21. The van der Waals surface area contributed by atoms with Gasteiger partial charge in [-0.3, -0.25) is 0 Å². The van der Waals surface area contributed by atoms with Crippen LogP contribution >= 0.6 is 15.9 Å². The van der Waals surface area contributed by atoms with Crippen molar-refractivity contribution in [2.45, 2.75) is 44.0 Å². The highest BCUT2D eigenvalue weighted by Crippen LogP contribution is 2.36. The summed E-state index contributed by atoms with van der Waals surface area (Å²) >= 11 is 3.63. The van der Waals surface area contributed by atoms with E-state index in [2.05, 4.69) is 35.8 Å². The van der Waals surface area contributed by atoms with Crippen LogP contribution in [0.1, 0.15) is 44.8 Å². The van der Waals surface area contributed by atoms with Crippen LogP contribution in [0.3, 0.4) is 0 Å². The number of halogens is 1. The number of alkyl halides is 1. The molecular formula is C15H21BrO3. The van der Waals surface area contributed by atoms with Gasteiger partial charge in [0.1, 0.15) is 0 Å². The van der Waals surface area contributed by atoms with Crippen molar-refractivity contribution in [3.8, 4) is 11.5 Å². The Balaban J connectivity index is 2.02. The van der Waals surface area contributed by atoms with E-state index < -0.39 is 0 Å². The molecule has 0 bridgehead atoms. The first kappa shape index (κ1) is 14.7. The average molecular weight is 329 g/mol. The lowest BCUT2D eigenvalue weighted by atomic mass is 10.1. The van der Waals surface area contributed by atoms with Gasteiger partial charge in [-0.25, -0.2) is 0 Å². The van der Waals surface area contributed by atoms with Gasteiger partial charge in [0.2, 0.25) is 6.79 Å². The van der Waals surface area contributed by atoms with E-state index in [1.807, 2.05) is 12.1 Å². The van der Waals surface area contributed by atoms with Crippen molar-refractivity contribution < 1.29 is 14.2 Å². The minimum atomic E-state index is 0.0476. The highest BCUT2D eigenvalue weighted by molar-refractivity contribution is 9.09. The second kappa shape index (κ2) is 7.15. The molecule has 0 saturated carbocycles. The molecular weight excluding hydrogens is 308 g/mol. The van der Waals surface area contributed by atoms with Crippen LogP contribution in [0, 0.1) is 0 Å². The second-order valence-electron chi connectivity index (χ2n) is 4.79. The quantitative estimate of drug-likeness (QED) is 0.546. The SMILES string of the molecule is CCCCCOC(c1ccc2c(c1)OCO2)C(C)Br. The fourth-order valence-corrected chi connectivity index (χ4v) is 2.60. The molecule has 1 aliphatic rings. The Kier molecular flexibility index (Phi) is 5.52. The summed E-state index contributed by atoms with van der Waals surface area (Å²) in [6, 6.07) is 6.02. The zero-order valence-electron chi connectivity index (χ0n) is 11.5. The highest BCUT2D eigenvalue weighted by Gasteiger charge is 2.21. The molecule has 106 valence electrons. The molecule has 2 unspecified atom stereocenters. The monoisotopic (exact) mass is 328 g/mol. The smallest absolute Gasteiger partial charge is 0.231 e. The molecule has 1 aliphatic heterocycles. The molecule has 1 aromatic carbocycles. The van der Waals surface area contributed by atoms with Crippen LogP contribution in [0.5, 0.6) is 11.5 Å². The molecule has 4 heteroatoms. The molecule has 2 rings (SSSR count). The van der Waals surface area contributed by atoms with Gasteiger partial charge in [0, 0.05) is 11.4 Å². The number of benzene rings is 1. The van der Waals surface area contributed by atoms with Gasteiger partial charge in [-0.15, -0.1) is 0 Å². The van der Waals surface area contributed by atoms with E-state index in [1.165, 1.54) is 12.8 Å². The summed E-state index contributed by atoms with van der Waals surface area (Å²) in [6.07, 6.45) is 3.58. The van der Waals surface area contributed by atoms with E-state index in [0.717, 1.165) is 30.1 Å². The van der Waals surface area contributed by atoms with Gasteiger partial charge in [0.15, 0.2) is 11.5 Å². The van der Waals surface area contributed by atoms with Crippen molar-refractivity contribution in [1.29, 1.82) is 0 Å². The van der Waals surface area contributed by atoms with Gasteiger partial charge >= 0.3 is 0 Å². The second-order valence-corrected chi connectivity index (χ2v) is 6.23. The fourth-order valence-electron chi connectivity index (χ4n) is 2.15. The topological polar surface area (TPSA) is 27.7 Å². The van der Waals surface area contributed by atoms with Crippen LogP contribution in [-0.2, 0) is 4.74 Å². The molecule has 0 N–H and O–H groups in total. The maximum absolute atomic E-state index is 6.01. The lowest BCUT2D eigenvalue weighted by molar-refractivity contribution is 0.0523. The van der Waals surface area contributed by atoms with Gasteiger partial charge in [-0.2, -0.15) is 0 Å². The molecule has 1 heterocycles. The molecule has 0 aromatic heterocycles. The number of unbranched alkanes of at least 4 members (excludes halogenated alkanes) is 2. The van der Waals surface area contributed by atoms with E-state index >= 15 is 0 Å². The number of hydrogen-bond acceptors (Lipinski definition) is 3. The molecule has 1 aromatic rings. The van der Waals surface area contributed by atoms with Crippen molar-refractivity contribution in [3.05, 3.63) is 23.8 Å². The summed E-state index contributed by atoms with van der Waals surface area (Å²) in [4.78, 5) is 0.259. The summed E-state index contributed by atoms with van der Waals surface area (Å²) in [7, 11) is 0. The van der Waals surface area contributed by atoms with Crippen LogP contribution in [0.2, 0.25) is 0 Å². The van der Waals surface area contributed by atoms with Crippen LogP contribution in [0.25, 0.3) is 0 Å². The molecule has 3 nitrogen and oxygen atoms in total. The highest BCUT2D eigenvalue weighted by atomic mass is 79.9. The zero-order valence-corrected chi connectivity index (χ0v) is 13.1. The number of rotatable bonds is 7. The van der Waals surface area contributed by atoms with Gasteiger partial charge in [-0.05, 0) is 31.0 Å². The molecule has 0 aliphatic carbocycles. The van der Waals surface area contributed by atoms with Crippen LogP contribution in [0.4, 0.5) is 0 Å². The van der Waals surface area contributed by atoms with Gasteiger partial charge in [0.25, 0.3) is 0 Å². The Morgan fingerprint density at radius 1 is 1.26 bits per heavy atom. The Bertz CT molecular complexity index is 406. The Hall–Kier alpha value is -0.740. The standard InChI is InChI=1S/C15H21BrO3/c1-3-4-5-8-17-15(11(2)16)12-6-7-13-14(9-12)19-10-18-13/h6-7,9,11,15H,3-5,8,10H2,1-2H3. The minimum absolute atomic E-state index is 0.0476. The third kappa shape index (κ3) is 3.86. The van der Waals surface area contributed by atoms with Crippen molar-refractivity contribution in [2.75, 3.05) is 13.4 Å². The van der Waals surface area contributed by atoms with E-state index in [1.54, 1.807) is 0 Å². The van der Waals surface area contributed by atoms with Gasteiger partial charge in [-0.1, -0.05) is 41.8 Å². The Morgan fingerprint density at radius 3 is 2.79 bits per heavy atom. The third-order valence-electron chi connectivity index (χ3n) is 3.19. The Labute approximate surface area is 123 Å². The van der Waals surface area contributed by atoms with E-state index in [-0.39, 0.29) is 10.9 Å². The predicted molar refractivity (Wildman–Crippen MR) is 79.2 cm³/mol. The van der Waals surface area contributed by atoms with Crippen molar-refractivity contribution in [1.82, 2.24) is 0 Å². The van der Waals surface area contributed by atoms with E-state index in [9.17, 15) is 0 Å². The molecule has 0 amide bonds. The van der Waals surface area contributed by atoms with E-state index in [4.69, 9.17) is 14.2 Å². The summed E-state index contributed by atoms with van der Waals surface area (Å²) in [5.41, 5.74) is 1.13. The van der Waals surface area contributed by atoms with Gasteiger partial charge < -0.3 is 14.2 Å². The van der Waals surface area contributed by atoms with Crippen LogP contribution < -0.4 is 9.47 Å². The first-order valence-corrected chi connectivity index (χ1v) is 7.79. The first-order chi connectivity index (χ1) is 9.22. The number of ether oxygens (including phenoxy) is 3. The lowest BCUT2D eigenvalue weighted by Crippen LogP contribution is -2.14. The summed E-state index contributed by atoms with van der Waals surface area (Å²) < 4.78 is 16.8. The van der Waals surface area contributed by atoms with E-state index in [0.29, 0.717) is 6.79 Å². The summed E-state index contributed by atoms with van der Waals surface area (Å²) in [6.45, 7) is 5.41. The molecule has 0 saturated heterocycles. The van der Waals surface area contributed by atoms with Crippen molar-refractivity contribution in [2.24, 2.45) is 0 Å². The zero-order chi connectivity index (χ0) is 13.7. The molecule has 19 heavy (non-hydrogen) atoms. The molecule has 0 fully saturated rings. The van der Waals surface area contributed by atoms with Crippen molar-refractivity contribution in [3.63, 3.8) is 0 Å². The van der Waals surface area contributed by atoms with Crippen LogP contribution in [0.15, 0.2) is 18.2 Å². The molecule has 2 atom stereocenters.